The Hall–Kier alpha value is -1.18. The van der Waals surface area contributed by atoms with E-state index >= 15 is 0 Å². The van der Waals surface area contributed by atoms with Gasteiger partial charge in [0.1, 0.15) is 0 Å². The van der Waals surface area contributed by atoms with E-state index in [2.05, 4.69) is 51.4 Å². The van der Waals surface area contributed by atoms with E-state index < -0.39 is 0 Å². The van der Waals surface area contributed by atoms with Crippen molar-refractivity contribution in [1.29, 1.82) is 0 Å². The molecule has 1 heterocycles. The van der Waals surface area contributed by atoms with Gasteiger partial charge in [-0.3, -0.25) is 0 Å². The molecule has 25 heavy (non-hydrogen) atoms. The Bertz CT molecular complexity index is 545. The van der Waals surface area contributed by atoms with E-state index in [1.54, 1.807) is 0 Å². The minimum Gasteiger partial charge on any atom is -0.117 e. The second-order valence-corrected chi connectivity index (χ2v) is 7.67. The van der Waals surface area contributed by atoms with Gasteiger partial charge < -0.3 is 0 Å². The molecule has 0 spiro atoms. The van der Waals surface area contributed by atoms with Crippen LogP contribution >= 0.6 is 11.3 Å². The highest BCUT2D eigenvalue weighted by molar-refractivity contribution is 7.13. The van der Waals surface area contributed by atoms with Crippen LogP contribution in [-0.2, 0) is 12.8 Å². The van der Waals surface area contributed by atoms with E-state index in [0.29, 0.717) is 0 Å². The maximum Gasteiger partial charge on any atom is 0.0816 e. The first-order chi connectivity index (χ1) is 12.3. The monoisotopic (exact) mass is 356 g/mol. The molecule has 0 fully saturated rings. The molecule has 138 valence electrons. The Morgan fingerprint density at radius 1 is 0.600 bits per heavy atom. The zero-order valence-electron chi connectivity index (χ0n) is 16.9. The number of hydrogen-bond donors (Lipinski definition) is 0. The van der Waals surface area contributed by atoms with E-state index in [4.69, 9.17) is 0 Å². The van der Waals surface area contributed by atoms with Crippen molar-refractivity contribution in [2.24, 2.45) is 0 Å². The van der Waals surface area contributed by atoms with Crippen LogP contribution in [0.25, 0.3) is 0 Å². The van der Waals surface area contributed by atoms with Gasteiger partial charge in [-0.05, 0) is 36.8 Å². The molecule has 0 aromatic carbocycles. The van der Waals surface area contributed by atoms with Gasteiger partial charge in [0.05, 0.1) is 9.75 Å². The molecule has 0 bridgehead atoms. The van der Waals surface area contributed by atoms with Crippen molar-refractivity contribution in [3.63, 3.8) is 0 Å². The van der Waals surface area contributed by atoms with E-state index in [0.717, 1.165) is 12.8 Å². The smallest absolute Gasteiger partial charge is 0.0816 e. The molecular formula is C24H36S. The Morgan fingerprint density at radius 3 is 1.40 bits per heavy atom. The van der Waals surface area contributed by atoms with Gasteiger partial charge in [0.15, 0.2) is 0 Å². The van der Waals surface area contributed by atoms with Crippen molar-refractivity contribution in [2.75, 3.05) is 0 Å². The molecule has 1 aromatic rings. The summed E-state index contributed by atoms with van der Waals surface area (Å²) in [5.74, 6) is 13.5. The lowest BCUT2D eigenvalue weighted by atomic mass is 9.97. The third-order valence-corrected chi connectivity index (χ3v) is 5.54. The van der Waals surface area contributed by atoms with E-state index in [-0.39, 0.29) is 0 Å². The Kier molecular flexibility index (Phi) is 12.3. The molecule has 1 aromatic heterocycles. The quantitative estimate of drug-likeness (QED) is 0.300. The summed E-state index contributed by atoms with van der Waals surface area (Å²) in [6.07, 6.45) is 14.7. The topological polar surface area (TPSA) is 0 Å². The summed E-state index contributed by atoms with van der Waals surface area (Å²) in [7, 11) is 0. The van der Waals surface area contributed by atoms with Crippen LogP contribution in [0.1, 0.15) is 113 Å². The summed E-state index contributed by atoms with van der Waals surface area (Å²) >= 11 is 1.85. The van der Waals surface area contributed by atoms with E-state index in [1.165, 1.54) is 85.1 Å². The van der Waals surface area contributed by atoms with Gasteiger partial charge in [0, 0.05) is 12.8 Å². The first-order valence-electron chi connectivity index (χ1n) is 10.4. The number of unbranched alkanes of at least 4 members (excludes halogenated alkanes) is 6. The molecule has 0 amide bonds. The lowest BCUT2D eigenvalue weighted by molar-refractivity contribution is 0.651. The van der Waals surface area contributed by atoms with Crippen molar-refractivity contribution in [1.82, 2.24) is 0 Å². The molecule has 0 radical (unpaired) electrons. The molecule has 0 saturated carbocycles. The van der Waals surface area contributed by atoms with Crippen molar-refractivity contribution in [3.05, 3.63) is 20.9 Å². The fourth-order valence-corrected chi connectivity index (χ4v) is 4.17. The summed E-state index contributed by atoms with van der Waals surface area (Å²) in [6, 6.07) is 0. The average Bonchev–Trinajstić information content (AvgIpc) is 2.95. The Morgan fingerprint density at radius 2 is 1.04 bits per heavy atom. The molecule has 1 rings (SSSR count). The molecular weight excluding hydrogens is 320 g/mol. The SMILES string of the molecule is CCC#Cc1sc(C#CCC)c(CCCCCC)c1CCCCCC. The minimum atomic E-state index is 0.926. The van der Waals surface area contributed by atoms with Crippen LogP contribution in [0.15, 0.2) is 0 Å². The molecule has 0 aliphatic heterocycles. The van der Waals surface area contributed by atoms with E-state index in [9.17, 15) is 0 Å². The lowest BCUT2D eigenvalue weighted by Crippen LogP contribution is -1.96. The number of rotatable bonds is 10. The van der Waals surface area contributed by atoms with Crippen LogP contribution < -0.4 is 0 Å². The van der Waals surface area contributed by atoms with E-state index in [1.807, 2.05) is 11.3 Å². The van der Waals surface area contributed by atoms with Crippen LogP contribution in [0.5, 0.6) is 0 Å². The third kappa shape index (κ3) is 8.16. The summed E-state index contributed by atoms with van der Waals surface area (Å²) in [5, 5.41) is 0. The van der Waals surface area contributed by atoms with Crippen molar-refractivity contribution >= 4 is 11.3 Å². The molecule has 0 aliphatic carbocycles. The number of thiophene rings is 1. The molecule has 0 aliphatic rings. The molecule has 1 heteroatoms. The molecule has 0 nitrogen and oxygen atoms in total. The zero-order chi connectivity index (χ0) is 18.3. The predicted octanol–water partition coefficient (Wildman–Crippen LogP) is 7.52. The first-order valence-corrected chi connectivity index (χ1v) is 11.2. The predicted molar refractivity (Wildman–Crippen MR) is 114 cm³/mol. The van der Waals surface area contributed by atoms with Crippen LogP contribution in [-0.4, -0.2) is 0 Å². The van der Waals surface area contributed by atoms with Crippen LogP contribution in [0.4, 0.5) is 0 Å². The van der Waals surface area contributed by atoms with Crippen LogP contribution in [0, 0.1) is 23.7 Å². The highest BCUT2D eigenvalue weighted by Crippen LogP contribution is 2.31. The van der Waals surface area contributed by atoms with Gasteiger partial charge >= 0.3 is 0 Å². The van der Waals surface area contributed by atoms with Crippen LogP contribution in [0.2, 0.25) is 0 Å². The van der Waals surface area contributed by atoms with Crippen molar-refractivity contribution < 1.29 is 0 Å². The average molecular weight is 357 g/mol. The largest absolute Gasteiger partial charge is 0.117 e. The fraction of sp³-hybridized carbons (Fsp3) is 0.667. The zero-order valence-corrected chi connectivity index (χ0v) is 17.7. The lowest BCUT2D eigenvalue weighted by Gasteiger charge is -2.07. The number of hydrogen-bond acceptors (Lipinski definition) is 1. The highest BCUT2D eigenvalue weighted by Gasteiger charge is 2.15. The van der Waals surface area contributed by atoms with Gasteiger partial charge in [-0.25, -0.2) is 0 Å². The fourth-order valence-electron chi connectivity index (χ4n) is 3.02. The third-order valence-electron chi connectivity index (χ3n) is 4.43. The summed E-state index contributed by atoms with van der Waals surface area (Å²) in [5.41, 5.74) is 3.05. The minimum absolute atomic E-state index is 0.926. The van der Waals surface area contributed by atoms with Gasteiger partial charge in [0.25, 0.3) is 0 Å². The summed E-state index contributed by atoms with van der Waals surface area (Å²) < 4.78 is 0. The van der Waals surface area contributed by atoms with Crippen molar-refractivity contribution in [2.45, 2.75) is 105 Å². The maximum atomic E-state index is 3.44. The normalized spacial score (nSPS) is 10.1. The van der Waals surface area contributed by atoms with Gasteiger partial charge in [-0.1, -0.05) is 89.9 Å². The molecule has 0 unspecified atom stereocenters. The maximum absolute atomic E-state index is 3.44. The van der Waals surface area contributed by atoms with Crippen molar-refractivity contribution in [3.8, 4) is 23.7 Å². The van der Waals surface area contributed by atoms with Gasteiger partial charge in [0.2, 0.25) is 0 Å². The molecule has 0 N–H and O–H groups in total. The Labute approximate surface area is 160 Å². The molecule has 0 atom stereocenters. The second kappa shape index (κ2) is 14.0. The Balaban J connectivity index is 3.06. The highest BCUT2D eigenvalue weighted by atomic mass is 32.1. The second-order valence-electron chi connectivity index (χ2n) is 6.65. The standard InChI is InChI=1S/C24H36S/c1-5-9-13-15-17-21-22(18-16-14-10-6-2)24(20-12-8-4)25-23(21)19-11-7-3/h5-10,13-18H2,1-4H3. The summed E-state index contributed by atoms with van der Waals surface area (Å²) in [4.78, 5) is 2.59. The first kappa shape index (κ1) is 21.9. The summed E-state index contributed by atoms with van der Waals surface area (Å²) in [6.45, 7) is 8.82. The van der Waals surface area contributed by atoms with Crippen LogP contribution in [0.3, 0.4) is 0 Å². The van der Waals surface area contributed by atoms with Gasteiger partial charge in [-0.2, -0.15) is 0 Å². The van der Waals surface area contributed by atoms with Gasteiger partial charge in [-0.15, -0.1) is 11.3 Å². The molecule has 0 saturated heterocycles.